The Morgan fingerprint density at radius 1 is 0.950 bits per heavy atom. The van der Waals surface area contributed by atoms with Gasteiger partial charge in [0.2, 0.25) is 5.96 Å². The van der Waals surface area contributed by atoms with Crippen molar-refractivity contribution in [3.05, 3.63) is 54.6 Å². The molecule has 0 aliphatic heterocycles. The Labute approximate surface area is 118 Å². The molecule has 0 bridgehead atoms. The minimum Gasteiger partial charge on any atom is -0.325 e. The molecule has 3 rings (SSSR count). The SMILES string of the molecule is NNC(=NC1CC1)Nc1ccc(-c2ccccc2)cc1. The summed E-state index contributed by atoms with van der Waals surface area (Å²) >= 11 is 0. The molecular formula is C16H18N4. The lowest BCUT2D eigenvalue weighted by Crippen LogP contribution is -2.36. The second kappa shape index (κ2) is 5.75. The number of nitrogens with two attached hydrogens (primary N) is 1. The summed E-state index contributed by atoms with van der Waals surface area (Å²) in [5.41, 5.74) is 5.98. The number of nitrogens with zero attached hydrogens (tertiary/aromatic N) is 1. The van der Waals surface area contributed by atoms with Crippen LogP contribution in [0.5, 0.6) is 0 Å². The number of hydrazine groups is 1. The second-order valence-electron chi connectivity index (χ2n) is 4.92. The van der Waals surface area contributed by atoms with E-state index in [4.69, 9.17) is 5.84 Å². The Morgan fingerprint density at radius 3 is 2.20 bits per heavy atom. The van der Waals surface area contributed by atoms with Crippen molar-refractivity contribution < 1.29 is 0 Å². The molecule has 4 heteroatoms. The van der Waals surface area contributed by atoms with Gasteiger partial charge in [-0.2, -0.15) is 0 Å². The molecule has 0 amide bonds. The van der Waals surface area contributed by atoms with Gasteiger partial charge in [0.1, 0.15) is 0 Å². The molecule has 0 unspecified atom stereocenters. The van der Waals surface area contributed by atoms with Crippen molar-refractivity contribution in [1.82, 2.24) is 5.43 Å². The molecule has 0 spiro atoms. The molecule has 1 aliphatic rings. The van der Waals surface area contributed by atoms with Gasteiger partial charge in [-0.25, -0.2) is 10.8 Å². The van der Waals surface area contributed by atoms with Crippen LogP contribution in [0.4, 0.5) is 5.69 Å². The third kappa shape index (κ3) is 3.16. The molecule has 2 aromatic rings. The Balaban J connectivity index is 1.72. The minimum atomic E-state index is 0.428. The quantitative estimate of drug-likeness (QED) is 0.346. The van der Waals surface area contributed by atoms with Crippen molar-refractivity contribution in [2.24, 2.45) is 10.8 Å². The summed E-state index contributed by atoms with van der Waals surface area (Å²) in [6.07, 6.45) is 2.31. The van der Waals surface area contributed by atoms with E-state index in [1.807, 2.05) is 30.3 Å². The third-order valence-corrected chi connectivity index (χ3v) is 3.25. The Hall–Kier alpha value is -2.33. The largest absolute Gasteiger partial charge is 0.325 e. The van der Waals surface area contributed by atoms with Gasteiger partial charge in [0.15, 0.2) is 0 Å². The maximum absolute atomic E-state index is 5.47. The van der Waals surface area contributed by atoms with Gasteiger partial charge in [0, 0.05) is 5.69 Å². The number of nitrogens with one attached hydrogen (secondary N) is 2. The zero-order valence-electron chi connectivity index (χ0n) is 11.2. The molecule has 1 saturated carbocycles. The highest BCUT2D eigenvalue weighted by molar-refractivity contribution is 5.93. The third-order valence-electron chi connectivity index (χ3n) is 3.25. The first kappa shape index (κ1) is 12.7. The maximum atomic E-state index is 5.47. The number of hydrogen-bond acceptors (Lipinski definition) is 2. The smallest absolute Gasteiger partial charge is 0.210 e. The lowest BCUT2D eigenvalue weighted by Gasteiger charge is -2.09. The summed E-state index contributed by atoms with van der Waals surface area (Å²) in [6.45, 7) is 0. The highest BCUT2D eigenvalue weighted by atomic mass is 15.3. The molecule has 4 nitrogen and oxygen atoms in total. The molecule has 4 N–H and O–H groups in total. The van der Waals surface area contributed by atoms with Crippen molar-refractivity contribution in [1.29, 1.82) is 0 Å². The topological polar surface area (TPSA) is 62.4 Å². The summed E-state index contributed by atoms with van der Waals surface area (Å²) in [7, 11) is 0. The van der Waals surface area contributed by atoms with Gasteiger partial charge in [0.25, 0.3) is 0 Å². The number of benzene rings is 2. The van der Waals surface area contributed by atoms with E-state index in [1.54, 1.807) is 0 Å². The predicted octanol–water partition coefficient (Wildman–Crippen LogP) is 2.75. The normalized spacial score (nSPS) is 14.9. The standard InChI is InChI=1S/C16H18N4/c17-20-16(19-15-10-11-15)18-14-8-6-13(7-9-14)12-4-2-1-3-5-12/h1-9,15H,10-11,17H2,(H2,18,19,20). The summed E-state index contributed by atoms with van der Waals surface area (Å²) in [6, 6.07) is 19.0. The molecule has 102 valence electrons. The van der Waals surface area contributed by atoms with Gasteiger partial charge in [-0.15, -0.1) is 0 Å². The molecule has 1 fully saturated rings. The number of aliphatic imine (C=N–C) groups is 1. The molecule has 2 aromatic carbocycles. The van der Waals surface area contributed by atoms with Gasteiger partial charge >= 0.3 is 0 Å². The van der Waals surface area contributed by atoms with Crippen LogP contribution in [0.2, 0.25) is 0 Å². The highest BCUT2D eigenvalue weighted by Gasteiger charge is 2.20. The maximum Gasteiger partial charge on any atom is 0.210 e. The zero-order valence-corrected chi connectivity index (χ0v) is 11.2. The van der Waals surface area contributed by atoms with Gasteiger partial charge < -0.3 is 5.32 Å². The van der Waals surface area contributed by atoms with Crippen molar-refractivity contribution in [2.45, 2.75) is 18.9 Å². The van der Waals surface area contributed by atoms with Crippen LogP contribution in [0, 0.1) is 0 Å². The van der Waals surface area contributed by atoms with Crippen LogP contribution >= 0.6 is 0 Å². The van der Waals surface area contributed by atoms with Crippen LogP contribution in [-0.2, 0) is 0 Å². The van der Waals surface area contributed by atoms with Gasteiger partial charge in [-0.3, -0.25) is 5.43 Å². The van der Waals surface area contributed by atoms with Crippen LogP contribution in [0.3, 0.4) is 0 Å². The average Bonchev–Trinajstić information content (AvgIpc) is 3.32. The monoisotopic (exact) mass is 266 g/mol. The first-order valence-electron chi connectivity index (χ1n) is 6.82. The first-order valence-corrected chi connectivity index (χ1v) is 6.82. The highest BCUT2D eigenvalue weighted by Crippen LogP contribution is 2.24. The summed E-state index contributed by atoms with van der Waals surface area (Å²) in [5, 5.41) is 3.19. The van der Waals surface area contributed by atoms with Crippen LogP contribution in [0.1, 0.15) is 12.8 Å². The average molecular weight is 266 g/mol. The van der Waals surface area contributed by atoms with E-state index in [2.05, 4.69) is 40.0 Å². The fraction of sp³-hybridized carbons (Fsp3) is 0.188. The van der Waals surface area contributed by atoms with Crippen LogP contribution in [0.25, 0.3) is 11.1 Å². The van der Waals surface area contributed by atoms with Crippen LogP contribution in [-0.4, -0.2) is 12.0 Å². The minimum absolute atomic E-state index is 0.428. The molecule has 0 heterocycles. The lowest BCUT2D eigenvalue weighted by molar-refractivity contribution is 0.966. The number of rotatable bonds is 3. The molecule has 0 saturated heterocycles. The van der Waals surface area contributed by atoms with E-state index in [-0.39, 0.29) is 0 Å². The molecule has 0 aromatic heterocycles. The van der Waals surface area contributed by atoms with Crippen LogP contribution in [0.15, 0.2) is 59.6 Å². The van der Waals surface area contributed by atoms with Crippen molar-refractivity contribution in [2.75, 3.05) is 5.32 Å². The molecule has 20 heavy (non-hydrogen) atoms. The van der Waals surface area contributed by atoms with Gasteiger partial charge in [-0.1, -0.05) is 42.5 Å². The van der Waals surface area contributed by atoms with Gasteiger partial charge in [0.05, 0.1) is 6.04 Å². The summed E-state index contributed by atoms with van der Waals surface area (Å²) in [4.78, 5) is 4.45. The van der Waals surface area contributed by atoms with E-state index in [9.17, 15) is 0 Å². The Morgan fingerprint density at radius 2 is 1.60 bits per heavy atom. The lowest BCUT2D eigenvalue weighted by atomic mass is 10.1. The number of hydrogen-bond donors (Lipinski definition) is 3. The fourth-order valence-electron chi connectivity index (χ4n) is 2.01. The second-order valence-corrected chi connectivity index (χ2v) is 4.92. The van der Waals surface area contributed by atoms with E-state index < -0.39 is 0 Å². The predicted molar refractivity (Wildman–Crippen MR) is 83.3 cm³/mol. The van der Waals surface area contributed by atoms with Crippen LogP contribution < -0.4 is 16.6 Å². The zero-order chi connectivity index (χ0) is 13.8. The number of guanidine groups is 1. The van der Waals surface area contributed by atoms with E-state index in [0.717, 1.165) is 18.5 Å². The summed E-state index contributed by atoms with van der Waals surface area (Å²) in [5.74, 6) is 6.10. The van der Waals surface area contributed by atoms with E-state index in [1.165, 1.54) is 11.1 Å². The molecule has 1 aliphatic carbocycles. The summed E-state index contributed by atoms with van der Waals surface area (Å²) < 4.78 is 0. The Bertz CT molecular complexity index is 586. The molecule has 0 atom stereocenters. The first-order chi connectivity index (χ1) is 9.85. The van der Waals surface area contributed by atoms with Crippen molar-refractivity contribution >= 4 is 11.6 Å². The van der Waals surface area contributed by atoms with E-state index in [0.29, 0.717) is 12.0 Å². The van der Waals surface area contributed by atoms with Crippen molar-refractivity contribution in [3.63, 3.8) is 0 Å². The molecular weight excluding hydrogens is 248 g/mol. The molecule has 0 radical (unpaired) electrons. The number of anilines is 1. The van der Waals surface area contributed by atoms with Crippen molar-refractivity contribution in [3.8, 4) is 11.1 Å². The van der Waals surface area contributed by atoms with E-state index >= 15 is 0 Å². The fourth-order valence-corrected chi connectivity index (χ4v) is 2.01. The Kier molecular flexibility index (Phi) is 3.65. The van der Waals surface area contributed by atoms with Gasteiger partial charge in [-0.05, 0) is 36.1 Å².